The van der Waals surface area contributed by atoms with Crippen LogP contribution in [0, 0.1) is 5.82 Å². The van der Waals surface area contributed by atoms with Crippen LogP contribution in [0.3, 0.4) is 0 Å². The summed E-state index contributed by atoms with van der Waals surface area (Å²) in [5, 5.41) is 0. The topological polar surface area (TPSA) is 52.6 Å². The van der Waals surface area contributed by atoms with Gasteiger partial charge in [0, 0.05) is 11.6 Å². The van der Waals surface area contributed by atoms with Gasteiger partial charge in [-0.2, -0.15) is 21.6 Å². The fraction of sp³-hybridized carbons (Fsp3) is 0.333. The molecule has 1 atom stereocenters. The van der Waals surface area contributed by atoms with Crippen molar-refractivity contribution < 1.29 is 34.9 Å². The summed E-state index contributed by atoms with van der Waals surface area (Å²) in [7, 11) is -5.71. The van der Waals surface area contributed by atoms with Crippen molar-refractivity contribution in [1.82, 2.24) is 0 Å². The second-order valence-corrected chi connectivity index (χ2v) is 5.04. The van der Waals surface area contributed by atoms with Gasteiger partial charge in [-0.3, -0.25) is 4.18 Å². The number of hydrogen-bond acceptors (Lipinski definition) is 4. The maximum Gasteiger partial charge on any atom is 0.523 e. The minimum Gasteiger partial charge on any atom is -0.490 e. The fourth-order valence-corrected chi connectivity index (χ4v) is 2.02. The van der Waals surface area contributed by atoms with Crippen LogP contribution >= 0.6 is 0 Å². The SMILES string of the molecule is O=S(=O)(OC1COc2cc(F)ccc21)C(F)(F)F. The molecule has 0 bridgehead atoms. The molecule has 4 nitrogen and oxygen atoms in total. The summed E-state index contributed by atoms with van der Waals surface area (Å²) in [5.41, 5.74) is -5.44. The van der Waals surface area contributed by atoms with Gasteiger partial charge in [0.1, 0.15) is 24.3 Å². The molecule has 0 saturated heterocycles. The van der Waals surface area contributed by atoms with Gasteiger partial charge in [-0.05, 0) is 12.1 Å². The molecule has 1 unspecified atom stereocenters. The van der Waals surface area contributed by atoms with Crippen LogP contribution in [0.25, 0.3) is 0 Å². The monoisotopic (exact) mass is 286 g/mol. The van der Waals surface area contributed by atoms with E-state index in [0.717, 1.165) is 18.2 Å². The summed E-state index contributed by atoms with van der Waals surface area (Å²) >= 11 is 0. The van der Waals surface area contributed by atoms with Crippen molar-refractivity contribution in [2.45, 2.75) is 11.6 Å². The first-order valence-electron chi connectivity index (χ1n) is 4.62. The molecule has 0 amide bonds. The summed E-state index contributed by atoms with van der Waals surface area (Å²) in [5.74, 6) is -0.676. The highest BCUT2D eigenvalue weighted by atomic mass is 32.2. The Morgan fingerprint density at radius 1 is 1.33 bits per heavy atom. The maximum absolute atomic E-state index is 12.8. The molecule has 1 heterocycles. The number of alkyl halides is 3. The van der Waals surface area contributed by atoms with Gasteiger partial charge in [0.25, 0.3) is 0 Å². The Bertz CT molecular complexity index is 566. The second kappa shape index (κ2) is 4.09. The zero-order chi connectivity index (χ0) is 13.6. The molecule has 9 heteroatoms. The molecule has 1 aromatic rings. The molecule has 1 aliphatic heterocycles. The summed E-state index contributed by atoms with van der Waals surface area (Å²) in [6.45, 7) is -0.423. The first kappa shape index (κ1) is 13.1. The van der Waals surface area contributed by atoms with Crippen molar-refractivity contribution >= 4 is 10.1 Å². The number of hydrogen-bond donors (Lipinski definition) is 0. The van der Waals surface area contributed by atoms with Gasteiger partial charge >= 0.3 is 15.6 Å². The first-order chi connectivity index (χ1) is 8.21. The summed E-state index contributed by atoms with van der Waals surface area (Å²) in [6.07, 6.45) is -1.42. The van der Waals surface area contributed by atoms with Crippen molar-refractivity contribution in [3.63, 3.8) is 0 Å². The van der Waals surface area contributed by atoms with E-state index in [1.807, 2.05) is 0 Å². The molecule has 18 heavy (non-hydrogen) atoms. The molecule has 0 N–H and O–H groups in total. The minimum atomic E-state index is -5.71. The van der Waals surface area contributed by atoms with Gasteiger partial charge in [-0.1, -0.05) is 0 Å². The molecule has 0 aromatic heterocycles. The molecule has 1 aromatic carbocycles. The Morgan fingerprint density at radius 2 is 2.00 bits per heavy atom. The Labute approximate surface area is 99.2 Å². The van der Waals surface area contributed by atoms with Crippen molar-refractivity contribution in [1.29, 1.82) is 0 Å². The Morgan fingerprint density at radius 3 is 2.61 bits per heavy atom. The van der Waals surface area contributed by atoms with E-state index in [9.17, 15) is 26.0 Å². The van der Waals surface area contributed by atoms with E-state index in [1.54, 1.807) is 0 Å². The summed E-state index contributed by atoms with van der Waals surface area (Å²) < 4.78 is 79.6. The normalized spacial score (nSPS) is 19.4. The van der Waals surface area contributed by atoms with E-state index in [-0.39, 0.29) is 11.3 Å². The third kappa shape index (κ3) is 2.27. The van der Waals surface area contributed by atoms with E-state index in [2.05, 4.69) is 4.18 Å². The minimum absolute atomic E-state index is 0.0302. The highest BCUT2D eigenvalue weighted by Gasteiger charge is 2.49. The van der Waals surface area contributed by atoms with Gasteiger partial charge in [0.05, 0.1) is 0 Å². The van der Waals surface area contributed by atoms with Crippen molar-refractivity contribution in [3.05, 3.63) is 29.6 Å². The van der Waals surface area contributed by atoms with E-state index < -0.39 is 34.2 Å². The van der Waals surface area contributed by atoms with Crippen LogP contribution in [-0.4, -0.2) is 20.5 Å². The first-order valence-corrected chi connectivity index (χ1v) is 6.03. The lowest BCUT2D eigenvalue weighted by Gasteiger charge is -2.12. The fourth-order valence-electron chi connectivity index (χ4n) is 1.44. The van der Waals surface area contributed by atoms with E-state index in [0.29, 0.717) is 0 Å². The third-order valence-electron chi connectivity index (χ3n) is 2.24. The second-order valence-electron chi connectivity index (χ2n) is 3.48. The van der Waals surface area contributed by atoms with Crippen LogP contribution in [0.5, 0.6) is 5.75 Å². The lowest BCUT2D eigenvalue weighted by atomic mass is 10.1. The summed E-state index contributed by atoms with van der Waals surface area (Å²) in [4.78, 5) is 0. The van der Waals surface area contributed by atoms with Crippen LogP contribution in [-0.2, 0) is 14.3 Å². The number of rotatable bonds is 2. The van der Waals surface area contributed by atoms with Gasteiger partial charge in [0.15, 0.2) is 0 Å². The van der Waals surface area contributed by atoms with E-state index in [1.165, 1.54) is 0 Å². The molecule has 0 fully saturated rings. The molecule has 0 spiro atoms. The molecular formula is C9H6F4O4S. The predicted octanol–water partition coefficient (Wildman–Crippen LogP) is 2.13. The van der Waals surface area contributed by atoms with Crippen molar-refractivity contribution in [3.8, 4) is 5.75 Å². The molecular weight excluding hydrogens is 280 g/mol. The van der Waals surface area contributed by atoms with Crippen LogP contribution in [0.1, 0.15) is 11.7 Å². The zero-order valence-corrected chi connectivity index (χ0v) is 9.39. The number of halogens is 4. The Hall–Kier alpha value is -1.35. The number of benzene rings is 1. The van der Waals surface area contributed by atoms with Crippen LogP contribution in [0.2, 0.25) is 0 Å². The maximum atomic E-state index is 12.8. The molecule has 0 radical (unpaired) electrons. The van der Waals surface area contributed by atoms with E-state index >= 15 is 0 Å². The lowest BCUT2D eigenvalue weighted by molar-refractivity contribution is -0.0579. The smallest absolute Gasteiger partial charge is 0.490 e. The van der Waals surface area contributed by atoms with Gasteiger partial charge in [-0.15, -0.1) is 0 Å². The van der Waals surface area contributed by atoms with Gasteiger partial charge < -0.3 is 4.74 Å². The largest absolute Gasteiger partial charge is 0.523 e. The molecule has 100 valence electrons. The summed E-state index contributed by atoms with van der Waals surface area (Å²) in [6, 6.07) is 3.04. The molecule has 1 aliphatic rings. The van der Waals surface area contributed by atoms with Crippen molar-refractivity contribution in [2.24, 2.45) is 0 Å². The Balaban J connectivity index is 2.26. The molecule has 0 aliphatic carbocycles. The van der Waals surface area contributed by atoms with Crippen LogP contribution < -0.4 is 4.74 Å². The Kier molecular flexibility index (Phi) is 2.98. The van der Waals surface area contributed by atoms with Crippen molar-refractivity contribution in [2.75, 3.05) is 6.61 Å². The predicted molar refractivity (Wildman–Crippen MR) is 50.7 cm³/mol. The zero-order valence-electron chi connectivity index (χ0n) is 8.57. The average molecular weight is 286 g/mol. The molecule has 2 rings (SSSR count). The lowest BCUT2D eigenvalue weighted by Crippen LogP contribution is -2.27. The van der Waals surface area contributed by atoms with Crippen LogP contribution in [0.4, 0.5) is 17.6 Å². The highest BCUT2D eigenvalue weighted by molar-refractivity contribution is 7.87. The van der Waals surface area contributed by atoms with Gasteiger partial charge in [0.2, 0.25) is 0 Å². The number of fused-ring (bicyclic) bond motifs is 1. The van der Waals surface area contributed by atoms with Crippen LogP contribution in [0.15, 0.2) is 18.2 Å². The average Bonchev–Trinajstić information content (AvgIpc) is 2.58. The standard InChI is InChI=1S/C9H6F4O4S/c10-5-1-2-6-7(3-5)16-4-8(6)17-18(14,15)9(11,12)13/h1-3,8H,4H2. The number of ether oxygens (including phenoxy) is 1. The van der Waals surface area contributed by atoms with Gasteiger partial charge in [-0.25, -0.2) is 4.39 Å². The quantitative estimate of drug-likeness (QED) is 0.475. The third-order valence-corrected chi connectivity index (χ3v) is 3.29. The molecule has 0 saturated carbocycles. The van der Waals surface area contributed by atoms with E-state index in [4.69, 9.17) is 4.74 Å². The highest BCUT2D eigenvalue weighted by Crippen LogP contribution is 2.38.